The molecule has 6 nitrogen and oxygen atoms in total. The second kappa shape index (κ2) is 6.28. The van der Waals surface area contributed by atoms with Crippen molar-refractivity contribution in [2.75, 3.05) is 12.4 Å². The molecule has 0 saturated carbocycles. The number of hydrogen-bond acceptors (Lipinski definition) is 5. The van der Waals surface area contributed by atoms with Crippen LogP contribution in [0.3, 0.4) is 0 Å². The van der Waals surface area contributed by atoms with E-state index >= 15 is 0 Å². The quantitative estimate of drug-likeness (QED) is 0.596. The molecule has 0 saturated heterocycles. The number of amides is 1. The zero-order valence-electron chi connectivity index (χ0n) is 12.3. The number of nitrogens with one attached hydrogen (secondary N) is 2. The Morgan fingerprint density at radius 3 is 2.91 bits per heavy atom. The van der Waals surface area contributed by atoms with Crippen LogP contribution in [0.1, 0.15) is 15.9 Å². The number of hydrogen-bond donors (Lipinski definition) is 3. The van der Waals surface area contributed by atoms with E-state index < -0.39 is 5.91 Å². The number of anilines is 1. The molecule has 1 amide bonds. The van der Waals surface area contributed by atoms with Gasteiger partial charge in [0.1, 0.15) is 11.6 Å². The third-order valence-corrected chi connectivity index (χ3v) is 3.78. The van der Waals surface area contributed by atoms with Crippen LogP contribution in [0.15, 0.2) is 41.4 Å². The summed E-state index contributed by atoms with van der Waals surface area (Å²) in [5.74, 6) is 0.754. The summed E-state index contributed by atoms with van der Waals surface area (Å²) in [7, 11) is 1.56. The molecule has 0 radical (unpaired) electrons. The molecule has 0 atom stereocenters. The summed E-state index contributed by atoms with van der Waals surface area (Å²) in [6, 6.07) is 10.4. The van der Waals surface area contributed by atoms with Crippen LogP contribution < -0.4 is 15.5 Å². The fraction of sp³-hybridized carbons (Fsp3) is 0.125. The third-order valence-electron chi connectivity index (χ3n) is 3.48. The molecule has 23 heavy (non-hydrogen) atoms. The maximum Gasteiger partial charge on any atom is 0.274 e. The van der Waals surface area contributed by atoms with Crippen LogP contribution in [-0.2, 0) is 6.42 Å². The first-order chi connectivity index (χ1) is 11.1. The predicted molar refractivity (Wildman–Crippen MR) is 88.1 cm³/mol. The molecule has 0 spiro atoms. The molecule has 2 aromatic carbocycles. The van der Waals surface area contributed by atoms with Gasteiger partial charge in [-0.3, -0.25) is 10.0 Å². The Labute approximate surface area is 137 Å². The highest BCUT2D eigenvalue weighted by molar-refractivity contribution is 6.32. The van der Waals surface area contributed by atoms with Gasteiger partial charge in [-0.2, -0.15) is 0 Å². The molecule has 3 rings (SSSR count). The number of amidine groups is 1. The van der Waals surface area contributed by atoms with Gasteiger partial charge in [-0.15, -0.1) is 0 Å². The number of ether oxygens (including phenoxy) is 1. The number of carbonyl (C=O) groups is 1. The van der Waals surface area contributed by atoms with Crippen molar-refractivity contribution in [1.82, 2.24) is 5.48 Å². The van der Waals surface area contributed by atoms with E-state index in [4.69, 9.17) is 21.5 Å². The van der Waals surface area contributed by atoms with Crippen LogP contribution in [0.5, 0.6) is 5.75 Å². The van der Waals surface area contributed by atoms with Crippen molar-refractivity contribution < 1.29 is 14.7 Å². The normalized spacial score (nSPS) is 12.4. The summed E-state index contributed by atoms with van der Waals surface area (Å²) >= 11 is 6.12. The molecule has 0 aliphatic carbocycles. The van der Waals surface area contributed by atoms with Gasteiger partial charge in [0.25, 0.3) is 5.91 Å². The Bertz CT molecular complexity index is 805. The number of hydroxylamine groups is 1. The van der Waals surface area contributed by atoms with Crippen LogP contribution in [0.4, 0.5) is 11.4 Å². The smallest absolute Gasteiger partial charge is 0.274 e. The zero-order valence-corrected chi connectivity index (χ0v) is 13.0. The average Bonchev–Trinajstić information content (AvgIpc) is 2.94. The van der Waals surface area contributed by atoms with E-state index in [0.717, 1.165) is 17.1 Å². The minimum Gasteiger partial charge on any atom is -0.495 e. The summed E-state index contributed by atoms with van der Waals surface area (Å²) in [5, 5.41) is 12.4. The monoisotopic (exact) mass is 331 g/mol. The standard InChI is InChI=1S/C16H14ClN3O3/c1-23-14-8-13-10(6-12(14)17)7-15(19-13)18-11-4-2-3-9(5-11)16(21)20-22/h2-6,8,22H,7H2,1H3,(H,18,19)(H,20,21). The fourth-order valence-corrected chi connectivity index (χ4v) is 2.66. The van der Waals surface area contributed by atoms with E-state index in [1.807, 2.05) is 12.1 Å². The number of rotatable bonds is 3. The number of aliphatic imine (C=N–C) groups is 1. The predicted octanol–water partition coefficient (Wildman–Crippen LogP) is 3.17. The van der Waals surface area contributed by atoms with Crippen molar-refractivity contribution in [3.05, 3.63) is 52.5 Å². The first-order valence-corrected chi connectivity index (χ1v) is 7.24. The third kappa shape index (κ3) is 3.13. The lowest BCUT2D eigenvalue weighted by Gasteiger charge is -2.07. The van der Waals surface area contributed by atoms with Crippen molar-refractivity contribution in [3.8, 4) is 5.75 Å². The maximum atomic E-state index is 11.4. The summed E-state index contributed by atoms with van der Waals surface area (Å²) in [4.78, 5) is 15.9. The molecule has 0 unspecified atom stereocenters. The molecular formula is C16H14ClN3O3. The number of halogens is 1. The molecule has 3 N–H and O–H groups in total. The number of carbonyl (C=O) groups excluding carboxylic acids is 1. The van der Waals surface area contributed by atoms with Crippen LogP contribution in [0, 0.1) is 0 Å². The Morgan fingerprint density at radius 1 is 1.35 bits per heavy atom. The molecule has 1 aliphatic rings. The van der Waals surface area contributed by atoms with Crippen molar-refractivity contribution >= 4 is 34.7 Å². The van der Waals surface area contributed by atoms with Crippen LogP contribution in [0.25, 0.3) is 0 Å². The molecular weight excluding hydrogens is 318 g/mol. The summed E-state index contributed by atoms with van der Waals surface area (Å²) in [6.07, 6.45) is 0.607. The van der Waals surface area contributed by atoms with Crippen molar-refractivity contribution in [1.29, 1.82) is 0 Å². The van der Waals surface area contributed by atoms with Gasteiger partial charge in [-0.25, -0.2) is 10.5 Å². The van der Waals surface area contributed by atoms with Crippen molar-refractivity contribution in [2.45, 2.75) is 6.42 Å². The fourth-order valence-electron chi connectivity index (χ4n) is 2.39. The Balaban J connectivity index is 1.81. The van der Waals surface area contributed by atoms with Crippen LogP contribution in [-0.4, -0.2) is 24.1 Å². The van der Waals surface area contributed by atoms with Crippen molar-refractivity contribution in [3.63, 3.8) is 0 Å². The first kappa shape index (κ1) is 15.3. The molecule has 1 heterocycles. The second-order valence-corrected chi connectivity index (χ2v) is 5.40. The van der Waals surface area contributed by atoms with Crippen LogP contribution >= 0.6 is 11.6 Å². The lowest BCUT2D eigenvalue weighted by molar-refractivity contribution is 0.0706. The van der Waals surface area contributed by atoms with E-state index in [-0.39, 0.29) is 0 Å². The number of benzene rings is 2. The highest BCUT2D eigenvalue weighted by atomic mass is 35.5. The number of methoxy groups -OCH3 is 1. The van der Waals surface area contributed by atoms with E-state index in [1.165, 1.54) is 0 Å². The summed E-state index contributed by atoms with van der Waals surface area (Å²) in [6.45, 7) is 0. The molecule has 7 heteroatoms. The van der Waals surface area contributed by atoms with Gasteiger partial charge in [-0.1, -0.05) is 17.7 Å². The highest BCUT2D eigenvalue weighted by Crippen LogP contribution is 2.36. The minimum absolute atomic E-state index is 0.346. The van der Waals surface area contributed by atoms with E-state index in [9.17, 15) is 4.79 Å². The van der Waals surface area contributed by atoms with Crippen molar-refractivity contribution in [2.24, 2.45) is 4.99 Å². The minimum atomic E-state index is -0.568. The zero-order chi connectivity index (χ0) is 16.4. The topological polar surface area (TPSA) is 83.0 Å². The van der Waals surface area contributed by atoms with E-state index in [2.05, 4.69) is 10.3 Å². The lowest BCUT2D eigenvalue weighted by atomic mass is 10.1. The molecule has 1 aliphatic heterocycles. The maximum absolute atomic E-state index is 11.4. The van der Waals surface area contributed by atoms with Gasteiger partial charge in [0, 0.05) is 23.7 Å². The Morgan fingerprint density at radius 2 is 2.17 bits per heavy atom. The van der Waals surface area contributed by atoms with Gasteiger partial charge in [0.05, 0.1) is 17.8 Å². The van der Waals surface area contributed by atoms with E-state index in [0.29, 0.717) is 28.4 Å². The van der Waals surface area contributed by atoms with Crippen LogP contribution in [0.2, 0.25) is 5.02 Å². The molecule has 2 aromatic rings. The largest absolute Gasteiger partial charge is 0.495 e. The molecule has 0 bridgehead atoms. The number of nitrogens with zero attached hydrogens (tertiary/aromatic N) is 1. The molecule has 0 aromatic heterocycles. The SMILES string of the molecule is COc1cc2c(cc1Cl)CC(Nc1cccc(C(=O)NO)c1)=N2. The molecule has 118 valence electrons. The molecule has 0 fully saturated rings. The Kier molecular flexibility index (Phi) is 4.18. The van der Waals surface area contributed by atoms with Gasteiger partial charge in [0.15, 0.2) is 0 Å². The van der Waals surface area contributed by atoms with Gasteiger partial charge >= 0.3 is 0 Å². The second-order valence-electron chi connectivity index (χ2n) is 5.00. The van der Waals surface area contributed by atoms with E-state index in [1.54, 1.807) is 36.9 Å². The van der Waals surface area contributed by atoms with Gasteiger partial charge in [-0.05, 0) is 29.8 Å². The number of fused-ring (bicyclic) bond motifs is 1. The van der Waals surface area contributed by atoms with Gasteiger partial charge < -0.3 is 10.1 Å². The van der Waals surface area contributed by atoms with Gasteiger partial charge in [0.2, 0.25) is 0 Å². The summed E-state index contributed by atoms with van der Waals surface area (Å²) in [5.41, 5.74) is 4.47. The average molecular weight is 332 g/mol. The summed E-state index contributed by atoms with van der Waals surface area (Å²) < 4.78 is 5.19. The lowest BCUT2D eigenvalue weighted by Crippen LogP contribution is -2.19. The Hall–Kier alpha value is -2.57. The highest BCUT2D eigenvalue weighted by Gasteiger charge is 2.18. The first-order valence-electron chi connectivity index (χ1n) is 6.86.